The van der Waals surface area contributed by atoms with Crippen LogP contribution in [-0.4, -0.2) is 41.0 Å². The van der Waals surface area contributed by atoms with Gasteiger partial charge in [-0.1, -0.05) is 190 Å². The molecule has 0 aromatic heterocycles. The Hall–Kier alpha value is -2.25. The largest absolute Gasteiger partial charge is 0.469 e. The second-order valence-electron chi connectivity index (χ2n) is 14.3. The van der Waals surface area contributed by atoms with Crippen LogP contribution in [0.15, 0.2) is 60.8 Å². The summed E-state index contributed by atoms with van der Waals surface area (Å²) >= 11 is 0. The van der Waals surface area contributed by atoms with Crippen LogP contribution < -0.4 is 0 Å². The van der Waals surface area contributed by atoms with E-state index in [2.05, 4.69) is 73.1 Å². The van der Waals surface area contributed by atoms with Gasteiger partial charge in [-0.05, 0) is 51.4 Å². The van der Waals surface area contributed by atoms with Gasteiger partial charge in [0.1, 0.15) is 6.61 Å². The van der Waals surface area contributed by atoms with Crippen molar-refractivity contribution in [2.24, 2.45) is 0 Å². The number of phosphoric ester groups is 1. The van der Waals surface area contributed by atoms with E-state index in [1.165, 1.54) is 96.3 Å². The third kappa shape index (κ3) is 42.5. The fraction of sp³-hybridized carbons (Fsp3) is 0.733. The van der Waals surface area contributed by atoms with Gasteiger partial charge in [-0.2, -0.15) is 0 Å². The molecule has 0 amide bonds. The topological polar surface area (TPSA) is 119 Å². The van der Waals surface area contributed by atoms with Crippen LogP contribution in [0.1, 0.15) is 194 Å². The first-order valence-corrected chi connectivity index (χ1v) is 23.1. The Balaban J connectivity index is 3.97. The van der Waals surface area contributed by atoms with Crippen molar-refractivity contribution < 1.29 is 37.9 Å². The SMILES string of the molecule is CC/C=C/C/C=C/C/C=C/C/C=C/C/C=C/CCCC(=O)OC[C@H](COP(=O)(O)O)OC(=O)CCCCCCCCCCCCCCCCCCCCC. The zero-order valence-electron chi connectivity index (χ0n) is 34.4. The summed E-state index contributed by atoms with van der Waals surface area (Å²) in [6, 6.07) is 0. The van der Waals surface area contributed by atoms with Gasteiger partial charge in [-0.15, -0.1) is 0 Å². The van der Waals surface area contributed by atoms with E-state index in [4.69, 9.17) is 19.3 Å². The monoisotopic (exact) mass is 779 g/mol. The van der Waals surface area contributed by atoms with E-state index < -0.39 is 32.5 Å². The molecule has 0 fully saturated rings. The van der Waals surface area contributed by atoms with Crippen LogP contribution >= 0.6 is 7.82 Å². The van der Waals surface area contributed by atoms with Crippen LogP contribution in [0, 0.1) is 0 Å². The van der Waals surface area contributed by atoms with E-state index in [0.29, 0.717) is 12.8 Å². The molecule has 54 heavy (non-hydrogen) atoms. The zero-order chi connectivity index (χ0) is 39.6. The maximum absolute atomic E-state index is 12.4. The zero-order valence-corrected chi connectivity index (χ0v) is 35.2. The third-order valence-corrected chi connectivity index (χ3v) is 9.54. The van der Waals surface area contributed by atoms with Crippen LogP contribution in [0.5, 0.6) is 0 Å². The van der Waals surface area contributed by atoms with Crippen molar-refractivity contribution in [2.45, 2.75) is 200 Å². The molecule has 2 N–H and O–H groups in total. The molecule has 0 aliphatic rings. The number of carbonyl (C=O) groups is 2. The molecule has 0 aromatic rings. The highest BCUT2D eigenvalue weighted by Crippen LogP contribution is 2.36. The highest BCUT2D eigenvalue weighted by atomic mass is 31.2. The Bertz CT molecular complexity index is 1060. The molecule has 1 atom stereocenters. The highest BCUT2D eigenvalue weighted by molar-refractivity contribution is 7.46. The van der Waals surface area contributed by atoms with Crippen molar-refractivity contribution in [1.29, 1.82) is 0 Å². The number of ether oxygens (including phenoxy) is 2. The third-order valence-electron chi connectivity index (χ3n) is 9.05. The van der Waals surface area contributed by atoms with E-state index in [0.717, 1.165) is 57.8 Å². The first-order valence-electron chi connectivity index (χ1n) is 21.6. The van der Waals surface area contributed by atoms with Gasteiger partial charge in [0.05, 0.1) is 6.61 Å². The average Bonchev–Trinajstić information content (AvgIpc) is 3.14. The number of hydrogen-bond donors (Lipinski definition) is 2. The average molecular weight is 779 g/mol. The smallest absolute Gasteiger partial charge is 0.462 e. The summed E-state index contributed by atoms with van der Waals surface area (Å²) in [5, 5.41) is 0. The van der Waals surface area contributed by atoms with E-state index in [1.807, 2.05) is 6.08 Å². The summed E-state index contributed by atoms with van der Waals surface area (Å²) in [6.45, 7) is 3.54. The number of phosphoric acid groups is 1. The first kappa shape index (κ1) is 51.8. The van der Waals surface area contributed by atoms with Crippen molar-refractivity contribution in [3.8, 4) is 0 Å². The number of esters is 2. The standard InChI is InChI=1S/C45H79O8P/c1-3-5-7-9-11-13-15-17-19-21-22-24-26-28-30-32-34-36-38-40-45(47)53-43(42-52-54(48,49)50)41-51-44(46)39-37-35-33-31-29-27-25-23-20-18-16-14-12-10-8-6-4-2/h6,8,12,14,18,20,25,27,31,33,43H,3-5,7,9-11,13,15-17,19,21-24,26,28-30,32,34-42H2,1-2H3,(H2,48,49,50)/b8-6+,14-12+,20-18+,27-25+,33-31+/t43-/m1/s1. The fourth-order valence-corrected chi connectivity index (χ4v) is 6.24. The van der Waals surface area contributed by atoms with Gasteiger partial charge in [0.25, 0.3) is 0 Å². The van der Waals surface area contributed by atoms with Crippen molar-refractivity contribution in [3.63, 3.8) is 0 Å². The molecule has 0 saturated heterocycles. The van der Waals surface area contributed by atoms with Crippen molar-refractivity contribution in [1.82, 2.24) is 0 Å². The summed E-state index contributed by atoms with van der Waals surface area (Å²) in [6.07, 6.45) is 50.9. The molecule has 0 aromatic carbocycles. The van der Waals surface area contributed by atoms with Crippen LogP contribution in [0.4, 0.5) is 0 Å². The first-order chi connectivity index (χ1) is 26.3. The number of rotatable bonds is 39. The Morgan fingerprint density at radius 1 is 0.500 bits per heavy atom. The van der Waals surface area contributed by atoms with E-state index in [9.17, 15) is 14.2 Å². The van der Waals surface area contributed by atoms with Crippen molar-refractivity contribution in [2.75, 3.05) is 13.2 Å². The summed E-state index contributed by atoms with van der Waals surface area (Å²) < 4.78 is 26.4. The summed E-state index contributed by atoms with van der Waals surface area (Å²) in [5.74, 6) is -0.950. The fourth-order valence-electron chi connectivity index (χ4n) is 5.88. The predicted molar refractivity (Wildman–Crippen MR) is 225 cm³/mol. The normalized spacial score (nSPS) is 13.0. The maximum Gasteiger partial charge on any atom is 0.469 e. The second-order valence-corrected chi connectivity index (χ2v) is 15.5. The number of allylic oxidation sites excluding steroid dienone is 10. The Morgan fingerprint density at radius 2 is 0.889 bits per heavy atom. The molecule has 0 bridgehead atoms. The molecule has 0 aliphatic heterocycles. The van der Waals surface area contributed by atoms with E-state index >= 15 is 0 Å². The molecule has 0 heterocycles. The van der Waals surface area contributed by atoms with E-state index in [-0.39, 0.29) is 19.4 Å². The van der Waals surface area contributed by atoms with Gasteiger partial charge >= 0.3 is 19.8 Å². The molecule has 0 spiro atoms. The summed E-state index contributed by atoms with van der Waals surface area (Å²) in [4.78, 5) is 42.9. The molecular weight excluding hydrogens is 699 g/mol. The molecule has 0 aliphatic carbocycles. The molecule has 312 valence electrons. The van der Waals surface area contributed by atoms with Gasteiger partial charge in [0.15, 0.2) is 6.10 Å². The molecular formula is C45H79O8P. The van der Waals surface area contributed by atoms with E-state index in [1.54, 1.807) is 0 Å². The Kier molecular flexibility index (Phi) is 38.7. The molecule has 0 unspecified atom stereocenters. The van der Waals surface area contributed by atoms with Gasteiger partial charge in [-0.3, -0.25) is 14.1 Å². The number of hydrogen-bond acceptors (Lipinski definition) is 6. The van der Waals surface area contributed by atoms with Crippen LogP contribution in [0.25, 0.3) is 0 Å². The quantitative estimate of drug-likeness (QED) is 0.0274. The summed E-state index contributed by atoms with van der Waals surface area (Å²) in [5.41, 5.74) is 0. The van der Waals surface area contributed by atoms with Crippen molar-refractivity contribution in [3.05, 3.63) is 60.8 Å². The molecule has 8 nitrogen and oxygen atoms in total. The van der Waals surface area contributed by atoms with Crippen LogP contribution in [-0.2, 0) is 28.2 Å². The maximum atomic E-state index is 12.4. The Labute approximate surface area is 330 Å². The molecule has 0 radical (unpaired) electrons. The minimum Gasteiger partial charge on any atom is -0.462 e. The molecule has 0 saturated carbocycles. The van der Waals surface area contributed by atoms with Gasteiger partial charge in [-0.25, -0.2) is 4.57 Å². The number of unbranched alkanes of at least 4 members (excludes halogenated alkanes) is 19. The van der Waals surface area contributed by atoms with Gasteiger partial charge in [0, 0.05) is 12.8 Å². The lowest BCUT2D eigenvalue weighted by Gasteiger charge is -2.18. The number of carbonyl (C=O) groups excluding carboxylic acids is 2. The van der Waals surface area contributed by atoms with Gasteiger partial charge in [0.2, 0.25) is 0 Å². The highest BCUT2D eigenvalue weighted by Gasteiger charge is 2.22. The molecule has 0 rings (SSSR count). The molecule has 9 heteroatoms. The second kappa shape index (κ2) is 40.4. The Morgan fingerprint density at radius 3 is 1.31 bits per heavy atom. The predicted octanol–water partition coefficient (Wildman–Crippen LogP) is 13.3. The lowest BCUT2D eigenvalue weighted by atomic mass is 10.0. The minimum absolute atomic E-state index is 0.188. The van der Waals surface area contributed by atoms with Crippen LogP contribution in [0.3, 0.4) is 0 Å². The van der Waals surface area contributed by atoms with Crippen molar-refractivity contribution >= 4 is 19.8 Å². The minimum atomic E-state index is -4.77. The summed E-state index contributed by atoms with van der Waals surface area (Å²) in [7, 11) is -4.77. The lowest BCUT2D eigenvalue weighted by molar-refractivity contribution is -0.161. The van der Waals surface area contributed by atoms with Gasteiger partial charge < -0.3 is 19.3 Å². The lowest BCUT2D eigenvalue weighted by Crippen LogP contribution is -2.29. The van der Waals surface area contributed by atoms with Crippen LogP contribution in [0.2, 0.25) is 0 Å².